The maximum absolute atomic E-state index is 12.1. The summed E-state index contributed by atoms with van der Waals surface area (Å²) in [5.74, 6) is 0. The van der Waals surface area contributed by atoms with Crippen molar-refractivity contribution < 1.29 is 8.42 Å². The summed E-state index contributed by atoms with van der Waals surface area (Å²) >= 11 is 8.25. The summed E-state index contributed by atoms with van der Waals surface area (Å²) in [4.78, 5) is 0.151. The molecule has 0 bridgehead atoms. The van der Waals surface area contributed by atoms with E-state index in [0.29, 0.717) is 0 Å². The van der Waals surface area contributed by atoms with Crippen molar-refractivity contribution in [1.82, 2.24) is 4.72 Å². The van der Waals surface area contributed by atoms with Gasteiger partial charge in [-0.3, -0.25) is 4.72 Å². The van der Waals surface area contributed by atoms with E-state index in [9.17, 15) is 8.42 Å². The molecule has 0 amide bonds. The highest BCUT2D eigenvalue weighted by molar-refractivity contribution is 9.10. The number of hydrogen-bond acceptors (Lipinski definition) is 3. The summed E-state index contributed by atoms with van der Waals surface area (Å²) in [6, 6.07) is 15.4. The molecule has 0 aliphatic carbocycles. The number of hydrogen-bond donors (Lipinski definition) is 2. The molecular weight excluding hydrogens is 360 g/mol. The van der Waals surface area contributed by atoms with Crippen LogP contribution in [0.15, 0.2) is 64.0 Å². The summed E-state index contributed by atoms with van der Waals surface area (Å²) in [6.45, 7) is 0. The lowest BCUT2D eigenvalue weighted by Crippen LogP contribution is -2.34. The van der Waals surface area contributed by atoms with E-state index in [1.54, 1.807) is 24.3 Å². The van der Waals surface area contributed by atoms with E-state index in [4.69, 9.17) is 12.2 Å². The lowest BCUT2D eigenvalue weighted by molar-refractivity contribution is 0.593. The molecule has 2 rings (SSSR count). The number of para-hydroxylation sites is 1. The predicted molar refractivity (Wildman–Crippen MR) is 87.1 cm³/mol. The molecule has 104 valence electrons. The number of rotatable bonds is 3. The van der Waals surface area contributed by atoms with Gasteiger partial charge in [0.15, 0.2) is 5.11 Å². The highest BCUT2D eigenvalue weighted by atomic mass is 79.9. The molecule has 0 aliphatic heterocycles. The van der Waals surface area contributed by atoms with Crippen LogP contribution in [0.3, 0.4) is 0 Å². The number of sulfonamides is 1. The van der Waals surface area contributed by atoms with Gasteiger partial charge in [0.05, 0.1) is 4.90 Å². The van der Waals surface area contributed by atoms with Crippen molar-refractivity contribution >= 4 is 49.0 Å². The van der Waals surface area contributed by atoms with Crippen molar-refractivity contribution in [3.05, 3.63) is 59.1 Å². The second kappa shape index (κ2) is 6.34. The van der Waals surface area contributed by atoms with Crippen molar-refractivity contribution in [3.8, 4) is 0 Å². The molecule has 0 fully saturated rings. The molecule has 0 heterocycles. The molecule has 0 atom stereocenters. The third-order valence-electron chi connectivity index (χ3n) is 2.38. The normalized spacial score (nSPS) is 10.8. The van der Waals surface area contributed by atoms with Gasteiger partial charge < -0.3 is 5.32 Å². The molecule has 0 spiro atoms. The molecule has 2 aromatic carbocycles. The van der Waals surface area contributed by atoms with Crippen molar-refractivity contribution in [2.75, 3.05) is 5.32 Å². The molecule has 4 nitrogen and oxygen atoms in total. The number of benzene rings is 2. The van der Waals surface area contributed by atoms with Crippen LogP contribution in [0, 0.1) is 0 Å². The molecule has 20 heavy (non-hydrogen) atoms. The Morgan fingerprint density at radius 2 is 1.60 bits per heavy atom. The largest absolute Gasteiger partial charge is 0.332 e. The zero-order valence-corrected chi connectivity index (χ0v) is 13.4. The smallest absolute Gasteiger partial charge is 0.263 e. The molecule has 0 aromatic heterocycles. The first kappa shape index (κ1) is 15.0. The van der Waals surface area contributed by atoms with Crippen LogP contribution in [0.2, 0.25) is 0 Å². The van der Waals surface area contributed by atoms with Gasteiger partial charge in [-0.25, -0.2) is 8.42 Å². The van der Waals surface area contributed by atoms with Crippen LogP contribution in [0.4, 0.5) is 5.69 Å². The Hall–Kier alpha value is -1.44. The minimum absolute atomic E-state index is 0.0270. The SMILES string of the molecule is O=S(=O)(NC(=S)Nc1ccccc1)c1ccc(Br)cc1. The molecule has 0 aliphatic rings. The quantitative estimate of drug-likeness (QED) is 0.814. The highest BCUT2D eigenvalue weighted by Crippen LogP contribution is 2.14. The minimum atomic E-state index is -3.67. The number of nitrogens with one attached hydrogen (secondary N) is 2. The van der Waals surface area contributed by atoms with E-state index in [2.05, 4.69) is 26.0 Å². The van der Waals surface area contributed by atoms with Crippen LogP contribution in [0.1, 0.15) is 0 Å². The van der Waals surface area contributed by atoms with E-state index in [1.165, 1.54) is 12.1 Å². The lowest BCUT2D eigenvalue weighted by atomic mass is 10.3. The first-order chi connectivity index (χ1) is 9.47. The predicted octanol–water partition coefficient (Wildman–Crippen LogP) is 3.12. The lowest BCUT2D eigenvalue weighted by Gasteiger charge is -2.11. The van der Waals surface area contributed by atoms with Gasteiger partial charge in [0.25, 0.3) is 10.0 Å². The Balaban J connectivity index is 2.08. The Morgan fingerprint density at radius 3 is 2.20 bits per heavy atom. The molecule has 0 saturated carbocycles. The highest BCUT2D eigenvalue weighted by Gasteiger charge is 2.15. The molecule has 0 saturated heterocycles. The Labute approximate surface area is 131 Å². The van der Waals surface area contributed by atoms with Gasteiger partial charge in [-0.05, 0) is 48.6 Å². The zero-order valence-electron chi connectivity index (χ0n) is 10.2. The molecule has 0 unspecified atom stereocenters. The molecular formula is C13H11BrN2O2S2. The number of halogens is 1. The van der Waals surface area contributed by atoms with E-state index >= 15 is 0 Å². The second-order valence-corrected chi connectivity index (χ2v) is 6.89. The minimum Gasteiger partial charge on any atom is -0.332 e. The summed E-state index contributed by atoms with van der Waals surface area (Å²) < 4.78 is 27.3. The van der Waals surface area contributed by atoms with Gasteiger partial charge in [-0.1, -0.05) is 34.1 Å². The van der Waals surface area contributed by atoms with Crippen LogP contribution >= 0.6 is 28.1 Å². The van der Waals surface area contributed by atoms with Gasteiger partial charge >= 0.3 is 0 Å². The maximum Gasteiger partial charge on any atom is 0.263 e. The number of thiocarbonyl (C=S) groups is 1. The second-order valence-electron chi connectivity index (χ2n) is 3.88. The Bertz CT molecular complexity index is 701. The van der Waals surface area contributed by atoms with Crippen LogP contribution in [0.25, 0.3) is 0 Å². The van der Waals surface area contributed by atoms with Crippen molar-refractivity contribution in [2.24, 2.45) is 0 Å². The summed E-state index contributed by atoms with van der Waals surface area (Å²) in [6.07, 6.45) is 0. The van der Waals surface area contributed by atoms with E-state index in [-0.39, 0.29) is 10.0 Å². The van der Waals surface area contributed by atoms with Crippen LogP contribution in [-0.2, 0) is 10.0 Å². The van der Waals surface area contributed by atoms with E-state index in [1.807, 2.05) is 18.2 Å². The average Bonchev–Trinajstić information content (AvgIpc) is 2.39. The monoisotopic (exact) mass is 370 g/mol. The van der Waals surface area contributed by atoms with Gasteiger partial charge in [0, 0.05) is 10.2 Å². The molecule has 2 N–H and O–H groups in total. The third-order valence-corrected chi connectivity index (χ3v) is 4.61. The van der Waals surface area contributed by atoms with E-state index < -0.39 is 10.0 Å². The number of anilines is 1. The fraction of sp³-hybridized carbons (Fsp3) is 0. The Kier molecular flexibility index (Phi) is 4.74. The van der Waals surface area contributed by atoms with Gasteiger partial charge in [0.2, 0.25) is 0 Å². The van der Waals surface area contributed by atoms with Crippen molar-refractivity contribution in [1.29, 1.82) is 0 Å². The topological polar surface area (TPSA) is 58.2 Å². The average molecular weight is 371 g/mol. The standard InChI is InChI=1S/C13H11BrN2O2S2/c14-10-6-8-12(9-7-10)20(17,18)16-13(19)15-11-4-2-1-3-5-11/h1-9H,(H2,15,16,19). The first-order valence-electron chi connectivity index (χ1n) is 5.62. The molecule has 2 aromatic rings. The fourth-order valence-corrected chi connectivity index (χ4v) is 3.09. The van der Waals surface area contributed by atoms with Crippen LogP contribution in [-0.4, -0.2) is 13.5 Å². The first-order valence-corrected chi connectivity index (χ1v) is 8.30. The third kappa shape index (κ3) is 4.03. The van der Waals surface area contributed by atoms with Crippen molar-refractivity contribution in [3.63, 3.8) is 0 Å². The van der Waals surface area contributed by atoms with Crippen LogP contribution in [0.5, 0.6) is 0 Å². The molecule has 7 heteroatoms. The summed E-state index contributed by atoms with van der Waals surface area (Å²) in [5.41, 5.74) is 0.719. The summed E-state index contributed by atoms with van der Waals surface area (Å²) in [7, 11) is -3.67. The van der Waals surface area contributed by atoms with Gasteiger partial charge in [0.1, 0.15) is 0 Å². The molecule has 0 radical (unpaired) electrons. The maximum atomic E-state index is 12.1. The summed E-state index contributed by atoms with van der Waals surface area (Å²) in [5, 5.41) is 2.84. The van der Waals surface area contributed by atoms with Crippen molar-refractivity contribution in [2.45, 2.75) is 4.90 Å². The van der Waals surface area contributed by atoms with Gasteiger partial charge in [-0.15, -0.1) is 0 Å². The Morgan fingerprint density at radius 1 is 1.00 bits per heavy atom. The van der Waals surface area contributed by atoms with E-state index in [0.717, 1.165) is 10.2 Å². The van der Waals surface area contributed by atoms with Gasteiger partial charge in [-0.2, -0.15) is 0 Å². The fourth-order valence-electron chi connectivity index (χ4n) is 1.47. The van der Waals surface area contributed by atoms with Crippen LogP contribution < -0.4 is 10.0 Å². The zero-order chi connectivity index (χ0) is 14.6.